The highest BCUT2D eigenvalue weighted by molar-refractivity contribution is 6.01. The molecule has 7 heteroatoms. The fourth-order valence-electron chi connectivity index (χ4n) is 3.33. The van der Waals surface area contributed by atoms with Crippen molar-refractivity contribution in [2.24, 2.45) is 22.0 Å². The molecule has 0 amide bonds. The Hall–Kier alpha value is -1.92. The minimum Gasteiger partial charge on any atom is -0.422 e. The van der Waals surface area contributed by atoms with Gasteiger partial charge in [0, 0.05) is 5.56 Å². The summed E-state index contributed by atoms with van der Waals surface area (Å²) in [6.45, 7) is 16.9. The second-order valence-electron chi connectivity index (χ2n) is 10.9. The first-order valence-corrected chi connectivity index (χ1v) is 11.4. The summed E-state index contributed by atoms with van der Waals surface area (Å²) in [6.07, 6.45) is 2.93. The lowest BCUT2D eigenvalue weighted by atomic mass is 9.83. The van der Waals surface area contributed by atoms with Crippen molar-refractivity contribution in [3.8, 4) is 11.5 Å². The van der Waals surface area contributed by atoms with Crippen LogP contribution in [0.15, 0.2) is 18.2 Å². The van der Waals surface area contributed by atoms with E-state index in [2.05, 4.69) is 0 Å². The van der Waals surface area contributed by atoms with Gasteiger partial charge in [0.05, 0.1) is 16.9 Å². The molecule has 0 aliphatic heterocycles. The van der Waals surface area contributed by atoms with Crippen molar-refractivity contribution < 1.29 is 23.9 Å². The van der Waals surface area contributed by atoms with Crippen LogP contribution in [0, 0.1) is 16.2 Å². The number of benzene rings is 1. The third-order valence-corrected chi connectivity index (χ3v) is 5.70. The van der Waals surface area contributed by atoms with E-state index in [9.17, 15) is 14.4 Å². The van der Waals surface area contributed by atoms with Crippen LogP contribution in [0.3, 0.4) is 0 Å². The molecule has 1 aromatic rings. The van der Waals surface area contributed by atoms with Crippen molar-refractivity contribution in [3.63, 3.8) is 0 Å². The number of ketones is 1. The number of Topliss-reactive ketones (excluding diaryl/α,β-unsaturated/α-hetero) is 1. The quantitative estimate of drug-likeness (QED) is 0.244. The van der Waals surface area contributed by atoms with Crippen molar-refractivity contribution in [1.29, 1.82) is 0 Å². The molecule has 188 valence electrons. The Morgan fingerprint density at radius 3 is 1.64 bits per heavy atom. The smallest absolute Gasteiger partial charge is 0.317 e. The van der Waals surface area contributed by atoms with Crippen LogP contribution in [0.2, 0.25) is 0 Å². The van der Waals surface area contributed by atoms with Crippen LogP contribution in [0.4, 0.5) is 0 Å². The summed E-state index contributed by atoms with van der Waals surface area (Å²) in [7, 11) is 0. The molecule has 2 N–H and O–H groups in total. The number of hydrogen-bond donors (Lipinski definition) is 1. The molecule has 1 aromatic carbocycles. The first-order valence-electron chi connectivity index (χ1n) is 11.4. The number of nitrogens with two attached hydrogens (primary N) is 1. The van der Waals surface area contributed by atoms with Crippen LogP contribution in [-0.2, 0) is 9.59 Å². The fourth-order valence-corrected chi connectivity index (χ4v) is 3.33. The molecule has 0 heterocycles. The van der Waals surface area contributed by atoms with E-state index in [0.717, 1.165) is 12.8 Å². The zero-order valence-electron chi connectivity index (χ0n) is 21.7. The molecule has 0 radical (unpaired) electrons. The number of carbonyl (C=O) groups excluding carboxylic acids is 3. The van der Waals surface area contributed by atoms with E-state index in [1.807, 2.05) is 48.5 Å². The van der Waals surface area contributed by atoms with Gasteiger partial charge in [-0.1, -0.05) is 47.5 Å². The normalized spacial score (nSPS) is 13.0. The summed E-state index contributed by atoms with van der Waals surface area (Å²) >= 11 is 0. The van der Waals surface area contributed by atoms with Crippen LogP contribution in [0.25, 0.3) is 0 Å². The molecule has 0 aromatic heterocycles. The van der Waals surface area contributed by atoms with Crippen molar-refractivity contribution in [1.82, 2.24) is 0 Å². The van der Waals surface area contributed by atoms with Gasteiger partial charge in [-0.2, -0.15) is 0 Å². The molecule has 1 rings (SSSR count). The predicted octanol–water partition coefficient (Wildman–Crippen LogP) is 6.13. The molecule has 33 heavy (non-hydrogen) atoms. The van der Waals surface area contributed by atoms with Crippen molar-refractivity contribution in [2.45, 2.75) is 94.0 Å². The summed E-state index contributed by atoms with van der Waals surface area (Å²) < 4.78 is 11.3. The Labute approximate surface area is 205 Å². The van der Waals surface area contributed by atoms with Gasteiger partial charge in [0.1, 0.15) is 0 Å². The maximum absolute atomic E-state index is 12.9. The topological polar surface area (TPSA) is 95.7 Å². The molecule has 0 aliphatic carbocycles. The molecule has 1 unspecified atom stereocenters. The lowest BCUT2D eigenvalue weighted by molar-refractivity contribution is -0.147. The average Bonchev–Trinajstić information content (AvgIpc) is 2.67. The van der Waals surface area contributed by atoms with Crippen molar-refractivity contribution >= 4 is 30.1 Å². The van der Waals surface area contributed by atoms with Gasteiger partial charge in [-0.3, -0.25) is 14.4 Å². The third-order valence-electron chi connectivity index (χ3n) is 5.70. The molecule has 0 spiro atoms. The highest BCUT2D eigenvalue weighted by Gasteiger charge is 2.34. The number of esters is 2. The van der Waals surface area contributed by atoms with Gasteiger partial charge in [0.15, 0.2) is 17.3 Å². The van der Waals surface area contributed by atoms with E-state index in [1.54, 1.807) is 19.9 Å². The zero-order valence-corrected chi connectivity index (χ0v) is 22.5. The fraction of sp³-hybridized carbons (Fsp3) is 0.654. The minimum atomic E-state index is -0.737. The number of halogens is 1. The Bertz CT molecular complexity index is 840. The molecule has 0 aliphatic rings. The maximum Gasteiger partial charge on any atom is 0.317 e. The highest BCUT2D eigenvalue weighted by Crippen LogP contribution is 2.35. The number of hydrogen-bond acceptors (Lipinski definition) is 6. The molecular weight excluding hydrogens is 442 g/mol. The first-order chi connectivity index (χ1) is 14.6. The summed E-state index contributed by atoms with van der Waals surface area (Å²) in [5, 5.41) is 0. The number of rotatable bonds is 10. The van der Waals surface area contributed by atoms with Gasteiger partial charge in [0.25, 0.3) is 0 Å². The summed E-state index contributed by atoms with van der Waals surface area (Å²) in [6, 6.07) is 3.76. The first kappa shape index (κ1) is 31.1. The number of carbonyl (C=O) groups is 3. The van der Waals surface area contributed by atoms with Crippen molar-refractivity contribution in [3.05, 3.63) is 23.8 Å². The monoisotopic (exact) mass is 483 g/mol. The lowest BCUT2D eigenvalue weighted by Crippen LogP contribution is -2.42. The molecule has 0 bridgehead atoms. The predicted molar refractivity (Wildman–Crippen MR) is 134 cm³/mol. The maximum atomic E-state index is 12.9. The number of ether oxygens (including phenoxy) is 2. The van der Waals surface area contributed by atoms with Crippen LogP contribution in [0.1, 0.15) is 98.4 Å². The van der Waals surface area contributed by atoms with E-state index in [-0.39, 0.29) is 29.7 Å². The van der Waals surface area contributed by atoms with Crippen LogP contribution >= 0.6 is 12.4 Å². The van der Waals surface area contributed by atoms with E-state index in [0.29, 0.717) is 18.4 Å². The Kier molecular flexibility index (Phi) is 11.3. The van der Waals surface area contributed by atoms with E-state index < -0.39 is 34.2 Å². The molecule has 0 saturated carbocycles. The summed E-state index contributed by atoms with van der Waals surface area (Å²) in [5.41, 5.74) is 4.60. The van der Waals surface area contributed by atoms with Gasteiger partial charge >= 0.3 is 11.9 Å². The second kappa shape index (κ2) is 12.0. The Morgan fingerprint density at radius 2 is 1.24 bits per heavy atom. The van der Waals surface area contributed by atoms with Gasteiger partial charge in [0.2, 0.25) is 0 Å². The Morgan fingerprint density at radius 1 is 0.818 bits per heavy atom. The van der Waals surface area contributed by atoms with E-state index in [1.165, 1.54) is 12.1 Å². The zero-order chi connectivity index (χ0) is 24.9. The van der Waals surface area contributed by atoms with Crippen LogP contribution in [-0.4, -0.2) is 23.8 Å². The molecule has 6 nitrogen and oxygen atoms in total. The second-order valence-corrected chi connectivity index (χ2v) is 10.9. The van der Waals surface area contributed by atoms with Gasteiger partial charge < -0.3 is 15.2 Å². The minimum absolute atomic E-state index is 0. The third kappa shape index (κ3) is 8.42. The van der Waals surface area contributed by atoms with Gasteiger partial charge in [-0.05, 0) is 64.2 Å². The van der Waals surface area contributed by atoms with Crippen molar-refractivity contribution in [2.75, 3.05) is 0 Å². The summed E-state index contributed by atoms with van der Waals surface area (Å²) in [5.74, 6) is -0.983. The summed E-state index contributed by atoms with van der Waals surface area (Å²) in [4.78, 5) is 38.6. The lowest BCUT2D eigenvalue weighted by Gasteiger charge is -2.26. The van der Waals surface area contributed by atoms with E-state index >= 15 is 0 Å². The molecule has 0 saturated heterocycles. The van der Waals surface area contributed by atoms with Gasteiger partial charge in [-0.15, -0.1) is 12.4 Å². The molecule has 0 fully saturated rings. The molecular formula is C26H42ClNO5. The standard InChI is InChI=1S/C26H41NO5.ClH/c1-10-14-25(6,7)22(29)31-18-13-12-17(20(28)21(27)24(3,4)5)16-19(18)32-23(30)26(8,9)15-11-2;/h12-13,16,21H,10-11,14-15,27H2,1-9H3;1H. The van der Waals surface area contributed by atoms with Gasteiger partial charge in [-0.25, -0.2) is 0 Å². The average molecular weight is 484 g/mol. The SMILES string of the molecule is CCCC(C)(C)C(=O)Oc1ccc(C(=O)C(N)C(C)(C)C)cc1OC(=O)C(C)(C)CCC.Cl. The van der Waals surface area contributed by atoms with Crippen LogP contribution < -0.4 is 15.2 Å². The van der Waals surface area contributed by atoms with Crippen LogP contribution in [0.5, 0.6) is 11.5 Å². The largest absolute Gasteiger partial charge is 0.422 e. The van der Waals surface area contributed by atoms with E-state index in [4.69, 9.17) is 15.2 Å². The molecule has 1 atom stereocenters. The highest BCUT2D eigenvalue weighted by atomic mass is 35.5. The Balaban J connectivity index is 0.0000102.